The van der Waals surface area contributed by atoms with Crippen LogP contribution in [0.4, 0.5) is 4.39 Å². The Labute approximate surface area is 137 Å². The van der Waals surface area contributed by atoms with E-state index in [2.05, 4.69) is 4.90 Å². The lowest BCUT2D eigenvalue weighted by Gasteiger charge is -2.32. The van der Waals surface area contributed by atoms with Crippen molar-refractivity contribution >= 4 is 11.7 Å². The molecule has 1 aromatic carbocycles. The van der Waals surface area contributed by atoms with Crippen LogP contribution in [0.15, 0.2) is 30.3 Å². The highest BCUT2D eigenvalue weighted by atomic mass is 19.1. The van der Waals surface area contributed by atoms with E-state index in [-0.39, 0.29) is 11.6 Å². The first-order valence-electron chi connectivity index (χ1n) is 8.39. The summed E-state index contributed by atoms with van der Waals surface area (Å²) in [6.07, 6.45) is 7.16. The highest BCUT2D eigenvalue weighted by Crippen LogP contribution is 2.21. The first kappa shape index (κ1) is 17.6. The molecule has 23 heavy (non-hydrogen) atoms. The van der Waals surface area contributed by atoms with Gasteiger partial charge in [0.25, 0.3) is 0 Å². The standard InChI is InChI=1S/C19H24FNO2/c20-18-10-8-17(9-11-18)19(23)7-4-13-21-12-3-6-16(15-21)5-1-2-14-22/h2,8-11,16H,1,3-7,12-13,15H2. The topological polar surface area (TPSA) is 37.4 Å². The van der Waals surface area contributed by atoms with Crippen LogP contribution in [0.1, 0.15) is 48.9 Å². The first-order chi connectivity index (χ1) is 11.2. The minimum Gasteiger partial charge on any atom is -0.303 e. The van der Waals surface area contributed by atoms with Crippen molar-refractivity contribution in [1.82, 2.24) is 4.90 Å². The number of piperidine rings is 1. The summed E-state index contributed by atoms with van der Waals surface area (Å²) in [6, 6.07) is 5.76. The number of likely N-dealkylation sites (tertiary alicyclic amines) is 1. The van der Waals surface area contributed by atoms with E-state index in [4.69, 9.17) is 0 Å². The van der Waals surface area contributed by atoms with E-state index >= 15 is 0 Å². The zero-order valence-electron chi connectivity index (χ0n) is 13.5. The molecule has 1 atom stereocenters. The monoisotopic (exact) mass is 317 g/mol. The summed E-state index contributed by atoms with van der Waals surface area (Å²) < 4.78 is 12.9. The minimum atomic E-state index is -0.315. The predicted molar refractivity (Wildman–Crippen MR) is 88.6 cm³/mol. The van der Waals surface area contributed by atoms with E-state index in [1.165, 1.54) is 25.0 Å². The van der Waals surface area contributed by atoms with E-state index in [0.717, 1.165) is 38.9 Å². The number of ketones is 1. The second-order valence-corrected chi connectivity index (χ2v) is 6.24. The molecular weight excluding hydrogens is 293 g/mol. The molecule has 0 bridgehead atoms. The van der Waals surface area contributed by atoms with Crippen LogP contribution in [0.5, 0.6) is 0 Å². The predicted octanol–water partition coefficient (Wildman–Crippen LogP) is 3.67. The molecule has 0 saturated carbocycles. The molecule has 0 aromatic heterocycles. The number of hydrogen-bond acceptors (Lipinski definition) is 3. The Hall–Kier alpha value is -1.77. The third kappa shape index (κ3) is 6.09. The van der Waals surface area contributed by atoms with Crippen molar-refractivity contribution in [2.45, 2.75) is 38.5 Å². The number of carbonyl (C=O) groups excluding carboxylic acids is 2. The Kier molecular flexibility index (Phi) is 7.18. The van der Waals surface area contributed by atoms with Crippen molar-refractivity contribution < 1.29 is 14.0 Å². The van der Waals surface area contributed by atoms with E-state index in [1.54, 1.807) is 18.2 Å². The zero-order valence-corrected chi connectivity index (χ0v) is 13.5. The van der Waals surface area contributed by atoms with Gasteiger partial charge in [-0.2, -0.15) is 0 Å². The highest BCUT2D eigenvalue weighted by molar-refractivity contribution is 5.95. The van der Waals surface area contributed by atoms with Gasteiger partial charge in [0.2, 0.25) is 0 Å². The van der Waals surface area contributed by atoms with Crippen LogP contribution in [0.25, 0.3) is 0 Å². The van der Waals surface area contributed by atoms with E-state index in [0.29, 0.717) is 17.9 Å². The van der Waals surface area contributed by atoms with Gasteiger partial charge in [-0.25, -0.2) is 9.18 Å². The number of benzene rings is 1. The molecule has 124 valence electrons. The van der Waals surface area contributed by atoms with Crippen molar-refractivity contribution in [3.63, 3.8) is 0 Å². The zero-order chi connectivity index (χ0) is 16.5. The van der Waals surface area contributed by atoms with Gasteiger partial charge in [-0.15, -0.1) is 0 Å². The molecule has 0 N–H and O–H groups in total. The fourth-order valence-electron chi connectivity index (χ4n) is 3.21. The third-order valence-electron chi connectivity index (χ3n) is 4.45. The van der Waals surface area contributed by atoms with Crippen LogP contribution >= 0.6 is 0 Å². The summed E-state index contributed by atoms with van der Waals surface area (Å²) in [5, 5.41) is 0. The molecule has 0 aliphatic carbocycles. The summed E-state index contributed by atoms with van der Waals surface area (Å²) in [6.45, 7) is 3.06. The molecule has 1 aliphatic rings. The maximum atomic E-state index is 12.9. The molecule has 1 aromatic rings. The fourth-order valence-corrected chi connectivity index (χ4v) is 3.21. The second-order valence-electron chi connectivity index (χ2n) is 6.24. The molecule has 1 saturated heterocycles. The van der Waals surface area contributed by atoms with E-state index < -0.39 is 0 Å². The van der Waals surface area contributed by atoms with Crippen molar-refractivity contribution in [3.05, 3.63) is 41.7 Å². The third-order valence-corrected chi connectivity index (χ3v) is 4.45. The number of halogens is 1. The van der Waals surface area contributed by atoms with Crippen LogP contribution < -0.4 is 0 Å². The molecule has 3 nitrogen and oxygen atoms in total. The number of allylic oxidation sites excluding steroid dienone is 1. The minimum absolute atomic E-state index is 0.0784. The molecule has 1 heterocycles. The Morgan fingerprint density at radius 3 is 2.87 bits per heavy atom. The summed E-state index contributed by atoms with van der Waals surface area (Å²) in [4.78, 5) is 24.7. The number of hydrogen-bond donors (Lipinski definition) is 0. The largest absolute Gasteiger partial charge is 0.303 e. The van der Waals surface area contributed by atoms with Gasteiger partial charge in [-0.05, 0) is 81.5 Å². The molecule has 0 spiro atoms. The highest BCUT2D eigenvalue weighted by Gasteiger charge is 2.19. The molecular formula is C19H24FNO2. The van der Waals surface area contributed by atoms with Gasteiger partial charge in [0.05, 0.1) is 0 Å². The van der Waals surface area contributed by atoms with Crippen molar-refractivity contribution in [2.75, 3.05) is 19.6 Å². The lowest BCUT2D eigenvalue weighted by Crippen LogP contribution is -2.36. The van der Waals surface area contributed by atoms with Gasteiger partial charge >= 0.3 is 0 Å². The van der Waals surface area contributed by atoms with Crippen LogP contribution in [0.3, 0.4) is 0 Å². The summed E-state index contributed by atoms with van der Waals surface area (Å²) in [5.74, 6) is 2.24. The molecule has 0 radical (unpaired) electrons. The lowest BCUT2D eigenvalue weighted by atomic mass is 9.93. The van der Waals surface area contributed by atoms with Gasteiger partial charge < -0.3 is 4.90 Å². The SMILES string of the molecule is O=C=CCCC1CCCN(CCCC(=O)c2ccc(F)cc2)C1. The Morgan fingerprint density at radius 2 is 2.13 bits per heavy atom. The Bertz CT molecular complexity index is 549. The first-order valence-corrected chi connectivity index (χ1v) is 8.39. The van der Waals surface area contributed by atoms with E-state index in [9.17, 15) is 14.0 Å². The van der Waals surface area contributed by atoms with E-state index in [1.807, 2.05) is 5.94 Å². The van der Waals surface area contributed by atoms with Gasteiger partial charge in [-0.3, -0.25) is 4.79 Å². The Balaban J connectivity index is 1.69. The smallest absolute Gasteiger partial charge is 0.162 e. The van der Waals surface area contributed by atoms with Crippen molar-refractivity contribution in [3.8, 4) is 0 Å². The van der Waals surface area contributed by atoms with Gasteiger partial charge in [0.15, 0.2) is 5.78 Å². The van der Waals surface area contributed by atoms with Gasteiger partial charge in [0, 0.05) is 18.5 Å². The summed E-state index contributed by atoms with van der Waals surface area (Å²) >= 11 is 0. The normalized spacial score (nSPS) is 18.4. The van der Waals surface area contributed by atoms with Gasteiger partial charge in [-0.1, -0.05) is 0 Å². The van der Waals surface area contributed by atoms with Crippen molar-refractivity contribution in [1.29, 1.82) is 0 Å². The number of nitrogens with zero attached hydrogens (tertiary/aromatic N) is 1. The quantitative estimate of drug-likeness (QED) is 0.542. The maximum Gasteiger partial charge on any atom is 0.162 e. The summed E-state index contributed by atoms with van der Waals surface area (Å²) in [5.41, 5.74) is 0.587. The molecule has 0 amide bonds. The number of Topliss-reactive ketones (excluding diaryl/α,β-unsaturated/α-hetero) is 1. The number of carbonyl (C=O) groups is 1. The average Bonchev–Trinajstić information content (AvgIpc) is 2.56. The van der Waals surface area contributed by atoms with Crippen LogP contribution in [0, 0.1) is 11.7 Å². The van der Waals surface area contributed by atoms with Crippen molar-refractivity contribution in [2.24, 2.45) is 5.92 Å². The fraction of sp³-hybridized carbons (Fsp3) is 0.526. The molecule has 1 aliphatic heterocycles. The summed E-state index contributed by atoms with van der Waals surface area (Å²) in [7, 11) is 0. The second kappa shape index (κ2) is 9.39. The number of rotatable bonds is 8. The molecule has 2 rings (SSSR count). The molecule has 4 heteroatoms. The van der Waals surface area contributed by atoms with Gasteiger partial charge in [0.1, 0.15) is 11.8 Å². The maximum absolute atomic E-state index is 12.9. The average molecular weight is 317 g/mol. The Morgan fingerprint density at radius 1 is 1.35 bits per heavy atom. The molecule has 1 fully saturated rings. The lowest BCUT2D eigenvalue weighted by molar-refractivity contribution is 0.0968. The molecule has 1 unspecified atom stereocenters. The van der Waals surface area contributed by atoms with Crippen LogP contribution in [-0.2, 0) is 4.79 Å². The van der Waals surface area contributed by atoms with Crippen LogP contribution in [-0.4, -0.2) is 36.3 Å². The van der Waals surface area contributed by atoms with Crippen LogP contribution in [0.2, 0.25) is 0 Å².